The fourth-order valence-corrected chi connectivity index (χ4v) is 2.47. The van der Waals surface area contributed by atoms with Gasteiger partial charge >= 0.3 is 0 Å². The third-order valence-electron chi connectivity index (χ3n) is 3.03. The van der Waals surface area contributed by atoms with Crippen molar-refractivity contribution in [3.63, 3.8) is 0 Å². The number of pyridine rings is 1. The van der Waals surface area contributed by atoms with Gasteiger partial charge in [0.25, 0.3) is 0 Å². The Morgan fingerprint density at radius 2 is 2.00 bits per heavy atom. The number of benzene rings is 1. The largest absolute Gasteiger partial charge is 0.324 e. The van der Waals surface area contributed by atoms with E-state index in [0.717, 1.165) is 28.6 Å². The van der Waals surface area contributed by atoms with Gasteiger partial charge in [-0.1, -0.05) is 47.1 Å². The highest BCUT2D eigenvalue weighted by molar-refractivity contribution is 9.10. The van der Waals surface area contributed by atoms with Crippen LogP contribution in [0.4, 0.5) is 0 Å². The van der Waals surface area contributed by atoms with Crippen molar-refractivity contribution in [1.29, 1.82) is 0 Å². The lowest BCUT2D eigenvalue weighted by Gasteiger charge is -2.13. The zero-order valence-electron chi connectivity index (χ0n) is 10.4. The first-order chi connectivity index (χ1) is 8.70. The lowest BCUT2D eigenvalue weighted by atomic mass is 10.0. The second kappa shape index (κ2) is 6.12. The molecule has 0 saturated heterocycles. The molecule has 1 atom stereocenters. The number of hydrogen-bond donors (Lipinski definition) is 1. The molecular formula is C15H17BrN2. The molecule has 0 bridgehead atoms. The van der Waals surface area contributed by atoms with Gasteiger partial charge in [-0.25, -0.2) is 0 Å². The molecule has 94 valence electrons. The summed E-state index contributed by atoms with van der Waals surface area (Å²) in [5.74, 6) is 0. The third kappa shape index (κ3) is 3.18. The first-order valence-electron chi connectivity index (χ1n) is 6.14. The summed E-state index contributed by atoms with van der Waals surface area (Å²) in [5.41, 5.74) is 9.65. The second-order valence-electron chi connectivity index (χ2n) is 4.34. The predicted octanol–water partition coefficient (Wildman–Crippen LogP) is 3.65. The molecule has 1 aromatic heterocycles. The Kier molecular flexibility index (Phi) is 4.50. The summed E-state index contributed by atoms with van der Waals surface area (Å²) in [5, 5.41) is 0. The molecule has 0 aliphatic rings. The third-order valence-corrected chi connectivity index (χ3v) is 3.75. The Morgan fingerprint density at radius 1 is 1.22 bits per heavy atom. The minimum Gasteiger partial charge on any atom is -0.324 e. The Hall–Kier alpha value is -1.19. The van der Waals surface area contributed by atoms with Crippen LogP contribution in [0, 0.1) is 0 Å². The summed E-state index contributed by atoms with van der Waals surface area (Å²) in [4.78, 5) is 4.45. The van der Waals surface area contributed by atoms with Gasteiger partial charge in [-0.15, -0.1) is 0 Å². The molecule has 0 radical (unpaired) electrons. The van der Waals surface area contributed by atoms with E-state index in [-0.39, 0.29) is 6.04 Å². The number of rotatable bonds is 4. The van der Waals surface area contributed by atoms with Gasteiger partial charge in [-0.05, 0) is 29.7 Å². The molecule has 0 amide bonds. The predicted molar refractivity (Wildman–Crippen MR) is 78.4 cm³/mol. The van der Waals surface area contributed by atoms with E-state index in [1.807, 2.05) is 24.4 Å². The van der Waals surface area contributed by atoms with E-state index in [1.165, 1.54) is 5.56 Å². The molecule has 0 spiro atoms. The summed E-state index contributed by atoms with van der Waals surface area (Å²) in [6.45, 7) is 2.13. The van der Waals surface area contributed by atoms with Gasteiger partial charge in [0.15, 0.2) is 0 Å². The molecule has 0 aliphatic heterocycles. The van der Waals surface area contributed by atoms with Crippen LogP contribution >= 0.6 is 15.9 Å². The molecule has 2 aromatic rings. The van der Waals surface area contributed by atoms with E-state index < -0.39 is 0 Å². The van der Waals surface area contributed by atoms with E-state index in [9.17, 15) is 0 Å². The average Bonchev–Trinajstić information content (AvgIpc) is 2.40. The zero-order valence-corrected chi connectivity index (χ0v) is 12.0. The molecular weight excluding hydrogens is 288 g/mol. The molecule has 2 nitrogen and oxygen atoms in total. The van der Waals surface area contributed by atoms with Gasteiger partial charge in [0.05, 0.1) is 0 Å². The maximum Gasteiger partial charge on any atom is 0.0422 e. The molecule has 1 aromatic carbocycles. The van der Waals surface area contributed by atoms with Gasteiger partial charge in [0.2, 0.25) is 0 Å². The van der Waals surface area contributed by atoms with E-state index in [1.54, 1.807) is 0 Å². The van der Waals surface area contributed by atoms with E-state index in [2.05, 4.69) is 46.0 Å². The van der Waals surface area contributed by atoms with Crippen molar-refractivity contribution in [2.24, 2.45) is 5.73 Å². The molecule has 18 heavy (non-hydrogen) atoms. The van der Waals surface area contributed by atoms with Crippen LogP contribution < -0.4 is 5.73 Å². The Labute approximate surface area is 116 Å². The monoisotopic (exact) mass is 304 g/mol. The lowest BCUT2D eigenvalue weighted by Crippen LogP contribution is -2.14. The lowest BCUT2D eigenvalue weighted by molar-refractivity contribution is 0.702. The second-order valence-corrected chi connectivity index (χ2v) is 5.20. The zero-order chi connectivity index (χ0) is 13.0. The van der Waals surface area contributed by atoms with E-state index >= 15 is 0 Å². The van der Waals surface area contributed by atoms with Gasteiger partial charge < -0.3 is 5.73 Å². The number of halogens is 1. The fraction of sp³-hybridized carbons (Fsp3) is 0.267. The summed E-state index contributed by atoms with van der Waals surface area (Å²) in [6, 6.07) is 12.2. The van der Waals surface area contributed by atoms with Crippen molar-refractivity contribution >= 4 is 15.9 Å². The molecule has 2 N–H and O–H groups in total. The molecule has 3 heteroatoms. The SMILES string of the molecule is CCc1ccc(CC(N)c2ccccc2Br)nc1. The highest BCUT2D eigenvalue weighted by Gasteiger charge is 2.10. The average molecular weight is 305 g/mol. The molecule has 1 unspecified atom stereocenters. The van der Waals surface area contributed by atoms with Crippen molar-refractivity contribution in [2.75, 3.05) is 0 Å². The van der Waals surface area contributed by atoms with Crippen LogP contribution in [0.2, 0.25) is 0 Å². The van der Waals surface area contributed by atoms with E-state index in [4.69, 9.17) is 5.73 Å². The summed E-state index contributed by atoms with van der Waals surface area (Å²) in [7, 11) is 0. The van der Waals surface area contributed by atoms with Crippen molar-refractivity contribution in [2.45, 2.75) is 25.8 Å². The van der Waals surface area contributed by atoms with Gasteiger partial charge in [-0.3, -0.25) is 4.98 Å². The first kappa shape index (κ1) is 13.2. The maximum atomic E-state index is 6.23. The minimum atomic E-state index is -0.0273. The van der Waals surface area contributed by atoms with Crippen molar-refractivity contribution in [3.05, 3.63) is 63.9 Å². The Balaban J connectivity index is 2.11. The summed E-state index contributed by atoms with van der Waals surface area (Å²) >= 11 is 3.53. The summed E-state index contributed by atoms with van der Waals surface area (Å²) in [6.07, 6.45) is 3.71. The standard InChI is InChI=1S/C15H17BrN2/c1-2-11-7-8-12(18-10-11)9-15(17)13-5-3-4-6-14(13)16/h3-8,10,15H,2,9,17H2,1H3. The fourth-order valence-electron chi connectivity index (χ4n) is 1.90. The van der Waals surface area contributed by atoms with Crippen LogP contribution in [0.1, 0.15) is 29.8 Å². The van der Waals surface area contributed by atoms with Crippen molar-refractivity contribution in [1.82, 2.24) is 4.98 Å². The van der Waals surface area contributed by atoms with Gasteiger partial charge in [0, 0.05) is 28.8 Å². The number of aromatic nitrogens is 1. The molecule has 0 saturated carbocycles. The molecule has 0 fully saturated rings. The molecule has 2 rings (SSSR count). The smallest absolute Gasteiger partial charge is 0.0422 e. The van der Waals surface area contributed by atoms with Crippen LogP contribution in [-0.4, -0.2) is 4.98 Å². The number of nitrogens with two attached hydrogens (primary N) is 1. The highest BCUT2D eigenvalue weighted by atomic mass is 79.9. The quantitative estimate of drug-likeness (QED) is 0.936. The molecule has 0 aliphatic carbocycles. The number of nitrogens with zero attached hydrogens (tertiary/aromatic N) is 1. The van der Waals surface area contributed by atoms with Crippen molar-refractivity contribution in [3.8, 4) is 0 Å². The number of hydrogen-bond acceptors (Lipinski definition) is 2. The van der Waals surface area contributed by atoms with Gasteiger partial charge in [-0.2, -0.15) is 0 Å². The van der Waals surface area contributed by atoms with Crippen LogP contribution in [0.25, 0.3) is 0 Å². The van der Waals surface area contributed by atoms with E-state index in [0.29, 0.717) is 0 Å². The minimum absolute atomic E-state index is 0.0273. The summed E-state index contributed by atoms with van der Waals surface area (Å²) < 4.78 is 1.06. The first-order valence-corrected chi connectivity index (χ1v) is 6.93. The maximum absolute atomic E-state index is 6.23. The topological polar surface area (TPSA) is 38.9 Å². The normalized spacial score (nSPS) is 12.4. The van der Waals surface area contributed by atoms with Crippen LogP contribution in [0.15, 0.2) is 47.1 Å². The Bertz CT molecular complexity index is 508. The van der Waals surface area contributed by atoms with Crippen molar-refractivity contribution < 1.29 is 0 Å². The highest BCUT2D eigenvalue weighted by Crippen LogP contribution is 2.23. The van der Waals surface area contributed by atoms with Crippen LogP contribution in [-0.2, 0) is 12.8 Å². The van der Waals surface area contributed by atoms with Gasteiger partial charge in [0.1, 0.15) is 0 Å². The number of aryl methyl sites for hydroxylation is 1. The molecule has 1 heterocycles. The van der Waals surface area contributed by atoms with Crippen LogP contribution in [0.3, 0.4) is 0 Å². The Morgan fingerprint density at radius 3 is 2.61 bits per heavy atom. The van der Waals surface area contributed by atoms with Crippen LogP contribution in [0.5, 0.6) is 0 Å².